The molecule has 0 radical (unpaired) electrons. The van der Waals surface area contributed by atoms with Gasteiger partial charge in [0, 0.05) is 0 Å². The summed E-state index contributed by atoms with van der Waals surface area (Å²) >= 11 is 0. The Morgan fingerprint density at radius 3 is 1.00 bits per heavy atom. The molecule has 0 aliphatic heterocycles. The van der Waals surface area contributed by atoms with Crippen LogP contribution in [-0.2, 0) is 22.4 Å². The Balaban J connectivity index is 0. The molecule has 0 fully saturated rings. The second-order valence-electron chi connectivity index (χ2n) is 0. The van der Waals surface area contributed by atoms with Crippen LogP contribution in [0, 0.1) is 0 Å². The Morgan fingerprint density at radius 1 is 1.00 bits per heavy atom. The molecule has 0 aromatic heterocycles. The summed E-state index contributed by atoms with van der Waals surface area (Å²) in [6.45, 7) is 0. The van der Waals surface area contributed by atoms with Gasteiger partial charge in [-0.2, -0.15) is 0 Å². The summed E-state index contributed by atoms with van der Waals surface area (Å²) in [6.07, 6.45) is 0. The van der Waals surface area contributed by atoms with E-state index in [1.165, 1.54) is 0 Å². The van der Waals surface area contributed by atoms with Crippen molar-refractivity contribution in [2.45, 2.75) is 0 Å². The standard InChI is InChI=1S/Ag.H3N.2H2O/h;1H3;2*1H2/q+1;;;/p-1. The normalized spacial score (nSPS) is 0. The van der Waals surface area contributed by atoms with Crippen LogP contribution in [0.3, 0.4) is 0 Å². The van der Waals surface area contributed by atoms with E-state index in [1.807, 2.05) is 0 Å². The molecule has 0 bridgehead atoms. The van der Waals surface area contributed by atoms with Gasteiger partial charge in [-0.05, 0) is 0 Å². The maximum absolute atomic E-state index is 0. The maximum atomic E-state index is 0. The quantitative estimate of drug-likeness (QED) is 0.467. The summed E-state index contributed by atoms with van der Waals surface area (Å²) in [5.74, 6) is 0. The van der Waals surface area contributed by atoms with Gasteiger partial charge in [-0.3, -0.25) is 0 Å². The number of rotatable bonds is 0. The van der Waals surface area contributed by atoms with Crippen LogP contribution in [0.2, 0.25) is 0 Å². The third-order valence-corrected chi connectivity index (χ3v) is 0. The van der Waals surface area contributed by atoms with Crippen LogP contribution >= 0.6 is 0 Å². The van der Waals surface area contributed by atoms with Crippen LogP contribution in [0.25, 0.3) is 0 Å². The Kier molecular flexibility index (Phi) is 2540. The van der Waals surface area contributed by atoms with Crippen molar-refractivity contribution in [2.24, 2.45) is 0 Å². The molecule has 4 heteroatoms. The predicted octanol–water partition coefficient (Wildman–Crippen LogP) is -0.842. The van der Waals surface area contributed by atoms with Gasteiger partial charge in [0.2, 0.25) is 0 Å². The summed E-state index contributed by atoms with van der Waals surface area (Å²) < 4.78 is 0. The molecule has 0 saturated heterocycles. The van der Waals surface area contributed by atoms with Crippen molar-refractivity contribution in [1.82, 2.24) is 6.15 Å². The average Bonchev–Trinajstić information content (AvgIpc) is 0. The number of hydrogen-bond acceptors (Lipinski definition) is 2. The van der Waals surface area contributed by atoms with E-state index in [0.717, 1.165) is 0 Å². The van der Waals surface area contributed by atoms with E-state index in [0.29, 0.717) is 0 Å². The molecule has 34 valence electrons. The van der Waals surface area contributed by atoms with Crippen LogP contribution in [0.15, 0.2) is 0 Å². The van der Waals surface area contributed by atoms with Gasteiger partial charge >= 0.3 is 22.4 Å². The zero-order chi connectivity index (χ0) is 0. The first-order valence-electron chi connectivity index (χ1n) is 0. The van der Waals surface area contributed by atoms with E-state index >= 15 is 0 Å². The van der Waals surface area contributed by atoms with E-state index in [4.69, 9.17) is 0 Å². The molecular formula is H6AgNO2. The van der Waals surface area contributed by atoms with E-state index in [-0.39, 0.29) is 39.5 Å². The summed E-state index contributed by atoms with van der Waals surface area (Å²) in [7, 11) is 0. The molecule has 4 heavy (non-hydrogen) atoms. The predicted molar refractivity (Wildman–Crippen MR) is 10.6 cm³/mol. The third kappa shape index (κ3) is 17.9. The molecule has 0 aromatic carbocycles. The first kappa shape index (κ1) is 157. The fourth-order valence-corrected chi connectivity index (χ4v) is 0. The van der Waals surface area contributed by atoms with E-state index in [9.17, 15) is 0 Å². The summed E-state index contributed by atoms with van der Waals surface area (Å²) in [5.41, 5.74) is 0. The Bertz CT molecular complexity index is 6.00. The van der Waals surface area contributed by atoms with Gasteiger partial charge in [0.1, 0.15) is 0 Å². The van der Waals surface area contributed by atoms with Crippen molar-refractivity contribution in [2.75, 3.05) is 0 Å². The van der Waals surface area contributed by atoms with Gasteiger partial charge in [-0.25, -0.2) is 0 Å². The number of hydrogen-bond donors (Lipinski definition) is 1. The average molecular weight is 160 g/mol. The van der Waals surface area contributed by atoms with Gasteiger partial charge in [0.05, 0.1) is 0 Å². The summed E-state index contributed by atoms with van der Waals surface area (Å²) in [5, 5.41) is 0. The zero-order valence-corrected chi connectivity index (χ0v) is 3.44. The topological polar surface area (TPSA) is 96.5 Å². The maximum Gasteiger partial charge on any atom is 1.00 e. The van der Waals surface area contributed by atoms with Crippen LogP contribution in [0.5, 0.6) is 0 Å². The van der Waals surface area contributed by atoms with Crippen molar-refractivity contribution >= 4 is 0 Å². The minimum Gasteiger partial charge on any atom is -0.870 e. The molecule has 0 aliphatic carbocycles. The fourth-order valence-electron chi connectivity index (χ4n) is 0. The largest absolute Gasteiger partial charge is 1.00 e. The van der Waals surface area contributed by atoms with Gasteiger partial charge in [-0.15, -0.1) is 0 Å². The second kappa shape index (κ2) is 64.6. The molecule has 3 nitrogen and oxygen atoms in total. The minimum absolute atomic E-state index is 0. The molecular weight excluding hydrogens is 154 g/mol. The molecule has 0 saturated carbocycles. The molecule has 0 aliphatic rings. The minimum atomic E-state index is 0. The van der Waals surface area contributed by atoms with Crippen molar-refractivity contribution in [3.8, 4) is 0 Å². The Labute approximate surface area is 40.1 Å². The molecule has 0 aromatic rings. The first-order valence-corrected chi connectivity index (χ1v) is 0. The molecule has 0 spiro atoms. The SMILES string of the molecule is N.O.[Ag+].[OH-]. The van der Waals surface area contributed by atoms with E-state index < -0.39 is 0 Å². The molecule has 0 rings (SSSR count). The van der Waals surface area contributed by atoms with Crippen molar-refractivity contribution < 1.29 is 33.3 Å². The van der Waals surface area contributed by atoms with Gasteiger partial charge in [0.25, 0.3) is 0 Å². The van der Waals surface area contributed by atoms with Gasteiger partial charge < -0.3 is 17.1 Å². The van der Waals surface area contributed by atoms with Crippen LogP contribution in [-0.4, -0.2) is 11.0 Å². The summed E-state index contributed by atoms with van der Waals surface area (Å²) in [4.78, 5) is 0. The van der Waals surface area contributed by atoms with E-state index in [2.05, 4.69) is 0 Å². The zero-order valence-electron chi connectivity index (χ0n) is 1.96. The summed E-state index contributed by atoms with van der Waals surface area (Å²) in [6, 6.07) is 0. The van der Waals surface area contributed by atoms with Crippen LogP contribution in [0.1, 0.15) is 0 Å². The third-order valence-electron chi connectivity index (χ3n) is 0. The van der Waals surface area contributed by atoms with Gasteiger partial charge in [0.15, 0.2) is 0 Å². The van der Waals surface area contributed by atoms with Crippen molar-refractivity contribution in [1.29, 1.82) is 0 Å². The van der Waals surface area contributed by atoms with Crippen LogP contribution in [0.4, 0.5) is 0 Å². The fraction of sp³-hybridized carbons (Fsp3) is 0. The Hall–Kier alpha value is 0.620. The molecule has 0 heterocycles. The molecule has 6 N–H and O–H groups in total. The van der Waals surface area contributed by atoms with Gasteiger partial charge in [-0.1, -0.05) is 0 Å². The monoisotopic (exact) mass is 159 g/mol. The molecule has 0 unspecified atom stereocenters. The second-order valence-corrected chi connectivity index (χ2v) is 0. The molecule has 0 amide bonds. The van der Waals surface area contributed by atoms with E-state index in [1.54, 1.807) is 0 Å². The van der Waals surface area contributed by atoms with Crippen molar-refractivity contribution in [3.05, 3.63) is 0 Å². The Morgan fingerprint density at radius 2 is 1.00 bits per heavy atom. The first-order chi connectivity index (χ1) is 0. The van der Waals surface area contributed by atoms with Crippen molar-refractivity contribution in [3.63, 3.8) is 0 Å². The smallest absolute Gasteiger partial charge is 0.870 e. The van der Waals surface area contributed by atoms with Crippen LogP contribution < -0.4 is 6.15 Å². The molecule has 0 atom stereocenters.